The maximum atomic E-state index is 12.4. The van der Waals surface area contributed by atoms with Crippen LogP contribution in [0.4, 0.5) is 11.5 Å². The summed E-state index contributed by atoms with van der Waals surface area (Å²) in [4.78, 5) is 14.0. The zero-order valence-electron chi connectivity index (χ0n) is 12.9. The lowest BCUT2D eigenvalue weighted by Gasteiger charge is -2.08. The third kappa shape index (κ3) is 3.81. The number of aromatic nitrogens is 1. The van der Waals surface area contributed by atoms with Crippen LogP contribution in [0.1, 0.15) is 0 Å². The molecular formula is C17H13N3O4S. The summed E-state index contributed by atoms with van der Waals surface area (Å²) in [5, 5.41) is 10.8. The SMILES string of the molecule is O=[N+]([O-])c1cccc(S(=O)(=O)Nc2ccc(-c3ccccc3)cn2)c1. The molecule has 1 aromatic heterocycles. The molecule has 7 nitrogen and oxygen atoms in total. The van der Waals surface area contributed by atoms with Gasteiger partial charge in [0, 0.05) is 23.9 Å². The van der Waals surface area contributed by atoms with Gasteiger partial charge in [0.25, 0.3) is 15.7 Å². The number of nitrogens with zero attached hydrogens (tertiary/aromatic N) is 2. The second kappa shape index (κ2) is 6.70. The summed E-state index contributed by atoms with van der Waals surface area (Å²) in [6, 6.07) is 17.7. The summed E-state index contributed by atoms with van der Waals surface area (Å²) in [5.74, 6) is 0.131. The Morgan fingerprint density at radius 3 is 2.32 bits per heavy atom. The van der Waals surface area contributed by atoms with Gasteiger partial charge < -0.3 is 0 Å². The third-order valence-electron chi connectivity index (χ3n) is 3.45. The van der Waals surface area contributed by atoms with Gasteiger partial charge in [-0.25, -0.2) is 13.4 Å². The minimum absolute atomic E-state index is 0.131. The molecule has 1 heterocycles. The fourth-order valence-electron chi connectivity index (χ4n) is 2.22. The van der Waals surface area contributed by atoms with E-state index in [1.54, 1.807) is 12.3 Å². The quantitative estimate of drug-likeness (QED) is 0.558. The molecular weight excluding hydrogens is 342 g/mol. The number of nitrogens with one attached hydrogen (secondary N) is 1. The molecule has 2 aromatic carbocycles. The molecule has 25 heavy (non-hydrogen) atoms. The molecule has 0 amide bonds. The zero-order chi connectivity index (χ0) is 17.9. The summed E-state index contributed by atoms with van der Waals surface area (Å²) in [7, 11) is -3.96. The summed E-state index contributed by atoms with van der Waals surface area (Å²) in [5.41, 5.74) is 1.51. The highest BCUT2D eigenvalue weighted by Gasteiger charge is 2.18. The van der Waals surface area contributed by atoms with Gasteiger partial charge in [0.05, 0.1) is 9.82 Å². The molecule has 3 rings (SSSR count). The molecule has 3 aromatic rings. The fraction of sp³-hybridized carbons (Fsp3) is 0. The van der Waals surface area contributed by atoms with Crippen molar-refractivity contribution in [1.82, 2.24) is 4.98 Å². The molecule has 0 aliphatic heterocycles. The van der Waals surface area contributed by atoms with Crippen molar-refractivity contribution in [2.45, 2.75) is 4.90 Å². The Hall–Kier alpha value is -3.26. The van der Waals surface area contributed by atoms with Crippen molar-refractivity contribution in [3.05, 3.63) is 83.0 Å². The molecule has 126 valence electrons. The first-order valence-corrected chi connectivity index (χ1v) is 8.73. The molecule has 0 radical (unpaired) electrons. The van der Waals surface area contributed by atoms with Crippen LogP contribution in [0.15, 0.2) is 77.8 Å². The van der Waals surface area contributed by atoms with Crippen LogP contribution in [0.2, 0.25) is 0 Å². The van der Waals surface area contributed by atoms with Crippen LogP contribution in [-0.2, 0) is 10.0 Å². The van der Waals surface area contributed by atoms with E-state index in [0.29, 0.717) is 0 Å². The first-order chi connectivity index (χ1) is 12.0. The number of benzene rings is 2. The molecule has 0 atom stereocenters. The highest BCUT2D eigenvalue weighted by molar-refractivity contribution is 7.92. The zero-order valence-corrected chi connectivity index (χ0v) is 13.7. The normalized spacial score (nSPS) is 11.0. The average molecular weight is 355 g/mol. The number of nitro benzene ring substituents is 1. The van der Waals surface area contributed by atoms with Crippen molar-refractivity contribution in [3.8, 4) is 11.1 Å². The highest BCUT2D eigenvalue weighted by atomic mass is 32.2. The summed E-state index contributed by atoms with van der Waals surface area (Å²) < 4.78 is 27.0. The molecule has 0 unspecified atom stereocenters. The Labute approximate surface area is 144 Å². The molecule has 0 bridgehead atoms. The molecule has 8 heteroatoms. The predicted octanol–water partition coefficient (Wildman–Crippen LogP) is 3.46. The number of sulfonamides is 1. The average Bonchev–Trinajstić information content (AvgIpc) is 2.63. The van der Waals surface area contributed by atoms with Gasteiger partial charge in [-0.2, -0.15) is 0 Å². The van der Waals surface area contributed by atoms with Crippen molar-refractivity contribution in [2.75, 3.05) is 4.72 Å². The summed E-state index contributed by atoms with van der Waals surface area (Å²) >= 11 is 0. The van der Waals surface area contributed by atoms with E-state index in [9.17, 15) is 18.5 Å². The molecule has 1 N–H and O–H groups in total. The van der Waals surface area contributed by atoms with Crippen LogP contribution in [0.5, 0.6) is 0 Å². The van der Waals surface area contributed by atoms with E-state index >= 15 is 0 Å². The van der Waals surface area contributed by atoms with E-state index < -0.39 is 14.9 Å². The monoisotopic (exact) mass is 355 g/mol. The molecule has 0 saturated carbocycles. The van der Waals surface area contributed by atoms with Crippen molar-refractivity contribution in [1.29, 1.82) is 0 Å². The van der Waals surface area contributed by atoms with Gasteiger partial charge in [0.1, 0.15) is 5.82 Å². The number of anilines is 1. The second-order valence-electron chi connectivity index (χ2n) is 5.16. The summed E-state index contributed by atoms with van der Waals surface area (Å²) in [6.45, 7) is 0. The van der Waals surface area contributed by atoms with Gasteiger partial charge in [0.2, 0.25) is 0 Å². The van der Waals surface area contributed by atoms with Crippen molar-refractivity contribution >= 4 is 21.5 Å². The van der Waals surface area contributed by atoms with E-state index in [1.807, 2.05) is 30.3 Å². The van der Waals surface area contributed by atoms with E-state index in [2.05, 4.69) is 9.71 Å². The fourth-order valence-corrected chi connectivity index (χ4v) is 3.26. The molecule has 0 saturated heterocycles. The van der Waals surface area contributed by atoms with Gasteiger partial charge >= 0.3 is 0 Å². The number of rotatable bonds is 5. The van der Waals surface area contributed by atoms with Crippen LogP contribution in [-0.4, -0.2) is 18.3 Å². The van der Waals surface area contributed by atoms with Crippen LogP contribution in [0, 0.1) is 10.1 Å². The predicted molar refractivity (Wildman–Crippen MR) is 93.6 cm³/mol. The number of non-ortho nitro benzene ring substituents is 1. The third-order valence-corrected chi connectivity index (χ3v) is 4.80. The Morgan fingerprint density at radius 2 is 1.68 bits per heavy atom. The van der Waals surface area contributed by atoms with E-state index in [0.717, 1.165) is 17.2 Å². The molecule has 0 aliphatic rings. The van der Waals surface area contributed by atoms with Crippen molar-refractivity contribution in [3.63, 3.8) is 0 Å². The highest BCUT2D eigenvalue weighted by Crippen LogP contribution is 2.22. The van der Waals surface area contributed by atoms with E-state index in [1.165, 1.54) is 24.3 Å². The minimum Gasteiger partial charge on any atom is -0.263 e. The van der Waals surface area contributed by atoms with Gasteiger partial charge in [-0.3, -0.25) is 14.8 Å². The van der Waals surface area contributed by atoms with Gasteiger partial charge in [0.15, 0.2) is 0 Å². The lowest BCUT2D eigenvalue weighted by molar-refractivity contribution is -0.385. The number of pyridine rings is 1. The standard InChI is InChI=1S/C17H13N3O4S/c21-20(22)15-7-4-8-16(11-15)25(23,24)19-17-10-9-14(12-18-17)13-5-2-1-3-6-13/h1-12H,(H,18,19). The Kier molecular flexibility index (Phi) is 4.44. The molecule has 0 aliphatic carbocycles. The minimum atomic E-state index is -3.96. The topological polar surface area (TPSA) is 102 Å². The lowest BCUT2D eigenvalue weighted by Crippen LogP contribution is -2.14. The summed E-state index contributed by atoms with van der Waals surface area (Å²) in [6.07, 6.45) is 1.56. The maximum absolute atomic E-state index is 12.4. The Morgan fingerprint density at radius 1 is 0.920 bits per heavy atom. The Bertz CT molecular complexity index is 1000. The largest absolute Gasteiger partial charge is 0.270 e. The van der Waals surface area contributed by atoms with Crippen LogP contribution >= 0.6 is 0 Å². The smallest absolute Gasteiger partial charge is 0.263 e. The first-order valence-electron chi connectivity index (χ1n) is 7.24. The lowest BCUT2D eigenvalue weighted by atomic mass is 10.1. The van der Waals surface area contributed by atoms with Crippen molar-refractivity contribution in [2.24, 2.45) is 0 Å². The molecule has 0 spiro atoms. The maximum Gasteiger partial charge on any atom is 0.270 e. The van der Waals surface area contributed by atoms with Crippen LogP contribution in [0.25, 0.3) is 11.1 Å². The van der Waals surface area contributed by atoms with E-state index in [4.69, 9.17) is 0 Å². The second-order valence-corrected chi connectivity index (χ2v) is 6.84. The van der Waals surface area contributed by atoms with Gasteiger partial charge in [-0.15, -0.1) is 0 Å². The van der Waals surface area contributed by atoms with Crippen molar-refractivity contribution < 1.29 is 13.3 Å². The van der Waals surface area contributed by atoms with Crippen LogP contribution in [0.3, 0.4) is 0 Å². The van der Waals surface area contributed by atoms with E-state index in [-0.39, 0.29) is 16.4 Å². The van der Waals surface area contributed by atoms with Crippen LogP contribution < -0.4 is 4.72 Å². The van der Waals surface area contributed by atoms with Gasteiger partial charge in [-0.1, -0.05) is 36.4 Å². The Balaban J connectivity index is 1.84. The number of hydrogen-bond donors (Lipinski definition) is 1. The number of nitro groups is 1. The number of hydrogen-bond acceptors (Lipinski definition) is 5. The molecule has 0 fully saturated rings. The van der Waals surface area contributed by atoms with Gasteiger partial charge in [-0.05, 0) is 23.8 Å². The first kappa shape index (κ1) is 16.6.